The lowest BCUT2D eigenvalue weighted by atomic mass is 9.77. The van der Waals surface area contributed by atoms with Crippen molar-refractivity contribution in [3.8, 4) is 5.75 Å². The monoisotopic (exact) mass is 426 g/mol. The van der Waals surface area contributed by atoms with Crippen molar-refractivity contribution < 1.29 is 23.1 Å². The molecule has 0 radical (unpaired) electrons. The summed E-state index contributed by atoms with van der Waals surface area (Å²) in [6, 6.07) is 12.9. The normalized spacial score (nSPS) is 29.5. The number of rotatable bonds is 4. The molecule has 4 atom stereocenters. The third-order valence-electron chi connectivity index (χ3n) is 7.03. The Morgan fingerprint density at radius 2 is 1.74 bits per heavy atom. The largest absolute Gasteiger partial charge is 0.491 e. The molecular formula is C24H24F2N2O3. The maximum atomic E-state index is 13.5. The summed E-state index contributed by atoms with van der Waals surface area (Å²) < 4.78 is 32.9. The van der Waals surface area contributed by atoms with Gasteiger partial charge in [-0.2, -0.15) is 0 Å². The first-order chi connectivity index (χ1) is 14.7. The second-order valence-electron chi connectivity index (χ2n) is 9.06. The average molecular weight is 426 g/mol. The first-order valence-electron chi connectivity index (χ1n) is 10.5. The molecule has 5 nitrogen and oxygen atoms in total. The van der Waals surface area contributed by atoms with E-state index >= 15 is 0 Å². The number of nitrogens with one attached hydrogen (secondary N) is 2. The van der Waals surface area contributed by atoms with Gasteiger partial charge in [0.1, 0.15) is 12.4 Å². The number of amides is 2. The summed E-state index contributed by atoms with van der Waals surface area (Å²) in [6.07, 6.45) is -0.341. The van der Waals surface area contributed by atoms with Gasteiger partial charge in [-0.15, -0.1) is 0 Å². The lowest BCUT2D eigenvalue weighted by Gasteiger charge is -2.24. The summed E-state index contributed by atoms with van der Waals surface area (Å²) in [4.78, 5) is 25.6. The zero-order valence-corrected chi connectivity index (χ0v) is 17.4. The van der Waals surface area contributed by atoms with Crippen molar-refractivity contribution in [3.63, 3.8) is 0 Å². The summed E-state index contributed by atoms with van der Waals surface area (Å²) in [5, 5.41) is 5.51. The van der Waals surface area contributed by atoms with E-state index < -0.39 is 11.3 Å². The minimum absolute atomic E-state index is 0.162. The zero-order valence-electron chi connectivity index (χ0n) is 17.4. The van der Waals surface area contributed by atoms with Crippen LogP contribution < -0.4 is 15.4 Å². The van der Waals surface area contributed by atoms with Crippen LogP contribution in [0.3, 0.4) is 0 Å². The van der Waals surface area contributed by atoms with E-state index in [1.165, 1.54) is 13.1 Å². The molecule has 3 aliphatic rings. The van der Waals surface area contributed by atoms with Crippen LogP contribution >= 0.6 is 0 Å². The number of carbonyl (C=O) groups is 2. The number of ether oxygens (including phenoxy) is 1. The molecule has 2 saturated carbocycles. The van der Waals surface area contributed by atoms with Crippen molar-refractivity contribution in [2.45, 2.75) is 37.1 Å². The predicted molar refractivity (Wildman–Crippen MR) is 111 cm³/mol. The van der Waals surface area contributed by atoms with E-state index in [9.17, 15) is 18.4 Å². The van der Waals surface area contributed by atoms with Crippen molar-refractivity contribution in [2.75, 3.05) is 13.7 Å². The third-order valence-corrected chi connectivity index (χ3v) is 7.03. The fraction of sp³-hybridized carbons (Fsp3) is 0.417. The van der Waals surface area contributed by atoms with Crippen molar-refractivity contribution in [1.29, 1.82) is 0 Å². The van der Waals surface area contributed by atoms with Crippen LogP contribution in [-0.2, 0) is 5.41 Å². The van der Waals surface area contributed by atoms with Crippen molar-refractivity contribution in [3.05, 3.63) is 64.7 Å². The Morgan fingerprint density at radius 3 is 2.39 bits per heavy atom. The van der Waals surface area contributed by atoms with Crippen LogP contribution in [0, 0.1) is 11.8 Å². The van der Waals surface area contributed by atoms with E-state index in [0.29, 0.717) is 23.5 Å². The molecule has 2 N–H and O–H groups in total. The van der Waals surface area contributed by atoms with E-state index in [0.717, 1.165) is 11.1 Å². The smallest absolute Gasteiger partial charge is 0.254 e. The van der Waals surface area contributed by atoms with Crippen molar-refractivity contribution in [1.82, 2.24) is 10.6 Å². The summed E-state index contributed by atoms with van der Waals surface area (Å²) in [7, 11) is 1.53. The Bertz CT molecular complexity index is 1060. The van der Waals surface area contributed by atoms with Crippen molar-refractivity contribution in [2.24, 2.45) is 11.8 Å². The first-order valence-corrected chi connectivity index (χ1v) is 10.5. The summed E-state index contributed by atoms with van der Waals surface area (Å²) >= 11 is 0. The molecule has 2 aromatic rings. The maximum Gasteiger partial charge on any atom is 0.254 e. The van der Waals surface area contributed by atoms with Crippen LogP contribution in [0.2, 0.25) is 0 Å². The lowest BCUT2D eigenvalue weighted by Crippen LogP contribution is -2.32. The average Bonchev–Trinajstić information content (AvgIpc) is 3.09. The minimum atomic E-state index is -2.62. The van der Waals surface area contributed by atoms with Crippen LogP contribution in [0.15, 0.2) is 42.5 Å². The highest BCUT2D eigenvalue weighted by Gasteiger charge is 2.63. The molecule has 2 unspecified atom stereocenters. The van der Waals surface area contributed by atoms with Gasteiger partial charge in [-0.1, -0.05) is 30.3 Å². The third kappa shape index (κ3) is 3.18. The van der Waals surface area contributed by atoms with E-state index in [1.54, 1.807) is 6.07 Å². The van der Waals surface area contributed by atoms with Crippen LogP contribution in [-0.4, -0.2) is 37.4 Å². The van der Waals surface area contributed by atoms with Crippen molar-refractivity contribution >= 4 is 11.8 Å². The second-order valence-corrected chi connectivity index (χ2v) is 9.06. The van der Waals surface area contributed by atoms with E-state index in [1.807, 2.05) is 37.3 Å². The first kappa shape index (κ1) is 20.0. The Morgan fingerprint density at radius 1 is 1.06 bits per heavy atom. The van der Waals surface area contributed by atoms with E-state index in [2.05, 4.69) is 10.6 Å². The second kappa shape index (κ2) is 6.77. The van der Waals surface area contributed by atoms with Gasteiger partial charge in [0, 0.05) is 37.1 Å². The van der Waals surface area contributed by atoms with Crippen LogP contribution in [0.1, 0.15) is 51.6 Å². The Labute approximate surface area is 179 Å². The topological polar surface area (TPSA) is 67.4 Å². The van der Waals surface area contributed by atoms with Gasteiger partial charge in [0.05, 0.1) is 11.0 Å². The molecular weight excluding hydrogens is 402 g/mol. The van der Waals surface area contributed by atoms with E-state index in [-0.39, 0.29) is 42.5 Å². The van der Waals surface area contributed by atoms with Gasteiger partial charge in [0.2, 0.25) is 5.92 Å². The highest BCUT2D eigenvalue weighted by molar-refractivity contribution is 6.02. The molecule has 2 fully saturated rings. The van der Waals surface area contributed by atoms with Gasteiger partial charge in [0.15, 0.2) is 0 Å². The quantitative estimate of drug-likeness (QED) is 0.786. The molecule has 31 heavy (non-hydrogen) atoms. The minimum Gasteiger partial charge on any atom is -0.491 e. The van der Waals surface area contributed by atoms with Gasteiger partial charge in [-0.05, 0) is 36.5 Å². The summed E-state index contributed by atoms with van der Waals surface area (Å²) in [5.41, 5.74) is 1.91. The number of benzene rings is 2. The fourth-order valence-corrected chi connectivity index (χ4v) is 5.19. The lowest BCUT2D eigenvalue weighted by molar-refractivity contribution is -0.00623. The SMILES string of the molecule is CNC(=O)c1cc(C(=O)NC2[C@H]3CC(F)(F)C[C@@H]23)cc2c1OCC2(C)c1ccccc1. The molecule has 0 spiro atoms. The maximum absolute atomic E-state index is 13.5. The van der Waals surface area contributed by atoms with Crippen LogP contribution in [0.5, 0.6) is 5.75 Å². The molecule has 7 heteroatoms. The number of fused-ring (bicyclic) bond motifs is 2. The van der Waals surface area contributed by atoms with Gasteiger partial charge in [-0.25, -0.2) is 8.78 Å². The Hall–Kier alpha value is -2.96. The number of hydrogen-bond acceptors (Lipinski definition) is 3. The van der Waals surface area contributed by atoms with Crippen LogP contribution in [0.25, 0.3) is 0 Å². The molecule has 0 saturated heterocycles. The zero-order chi connectivity index (χ0) is 22.0. The van der Waals surface area contributed by atoms with Crippen LogP contribution in [0.4, 0.5) is 8.78 Å². The van der Waals surface area contributed by atoms with E-state index in [4.69, 9.17) is 4.74 Å². The molecule has 2 aromatic carbocycles. The fourth-order valence-electron chi connectivity index (χ4n) is 5.19. The highest BCUT2D eigenvalue weighted by atomic mass is 19.3. The van der Waals surface area contributed by atoms with Gasteiger partial charge < -0.3 is 15.4 Å². The standard InChI is InChI=1S/C24H24F2N2O3/c1-23(14-6-4-3-5-7-14)12-31-20-15(22(30)27-2)8-13(9-18(20)23)21(29)28-19-16-10-24(25,26)11-17(16)19/h3-9,16-17,19H,10-12H2,1-2H3,(H,27,30)(H,28,29)/t16-,17+,19?,23?. The highest BCUT2D eigenvalue weighted by Crippen LogP contribution is 2.58. The number of carbonyl (C=O) groups excluding carboxylic acids is 2. The molecule has 162 valence electrons. The molecule has 2 amide bonds. The number of alkyl halides is 2. The molecule has 1 heterocycles. The molecule has 2 aliphatic carbocycles. The number of hydrogen-bond donors (Lipinski definition) is 2. The summed E-state index contributed by atoms with van der Waals surface area (Å²) in [5.74, 6) is -3.16. The molecule has 5 rings (SSSR count). The molecule has 1 aliphatic heterocycles. The summed E-state index contributed by atoms with van der Waals surface area (Å²) in [6.45, 7) is 2.38. The van der Waals surface area contributed by atoms with Gasteiger partial charge in [-0.3, -0.25) is 9.59 Å². The number of halogens is 2. The molecule has 0 aromatic heterocycles. The van der Waals surface area contributed by atoms with Gasteiger partial charge in [0.25, 0.3) is 11.8 Å². The predicted octanol–water partition coefficient (Wildman–Crippen LogP) is 3.52. The Kier molecular flexibility index (Phi) is 4.36. The molecule has 0 bridgehead atoms. The Balaban J connectivity index is 1.49. The van der Waals surface area contributed by atoms with Gasteiger partial charge >= 0.3 is 0 Å².